The van der Waals surface area contributed by atoms with Gasteiger partial charge >= 0.3 is 0 Å². The van der Waals surface area contributed by atoms with Crippen molar-refractivity contribution in [3.63, 3.8) is 0 Å². The molecule has 0 heterocycles. The van der Waals surface area contributed by atoms with Crippen LogP contribution in [-0.4, -0.2) is 20.2 Å². The van der Waals surface area contributed by atoms with E-state index in [1.807, 2.05) is 12.1 Å². The van der Waals surface area contributed by atoms with Gasteiger partial charge in [-0.15, -0.1) is 0 Å². The first-order valence-electron chi connectivity index (χ1n) is 7.86. The lowest BCUT2D eigenvalue weighted by Crippen LogP contribution is -2.28. The first-order valence-corrected chi connectivity index (χ1v) is 7.86. The molecule has 20 heavy (non-hydrogen) atoms. The third kappa shape index (κ3) is 6.42. The standard InChI is InChI=1S/C18H31NO/c1-14(2)12-19-13-16(4)15(3)6-7-17-8-10-18(20-5)11-9-17/h8-11,14-16,19H,6-7,12-13H2,1-5H3. The second kappa shape index (κ2) is 9.02. The van der Waals surface area contributed by atoms with Crippen LogP contribution in [0.2, 0.25) is 0 Å². The van der Waals surface area contributed by atoms with Crippen molar-refractivity contribution in [2.24, 2.45) is 17.8 Å². The Labute approximate surface area is 124 Å². The van der Waals surface area contributed by atoms with Gasteiger partial charge in [-0.25, -0.2) is 0 Å². The zero-order chi connectivity index (χ0) is 15.0. The van der Waals surface area contributed by atoms with Crippen molar-refractivity contribution in [3.05, 3.63) is 29.8 Å². The average Bonchev–Trinajstić information content (AvgIpc) is 2.44. The van der Waals surface area contributed by atoms with Gasteiger partial charge in [0.05, 0.1) is 7.11 Å². The van der Waals surface area contributed by atoms with E-state index in [0.717, 1.165) is 43.0 Å². The lowest BCUT2D eigenvalue weighted by atomic mass is 9.90. The molecule has 0 aromatic heterocycles. The van der Waals surface area contributed by atoms with Crippen molar-refractivity contribution < 1.29 is 4.74 Å². The summed E-state index contributed by atoms with van der Waals surface area (Å²) in [5.74, 6) is 3.15. The molecule has 0 saturated heterocycles. The molecule has 1 aromatic rings. The van der Waals surface area contributed by atoms with Gasteiger partial charge in [0.2, 0.25) is 0 Å². The molecule has 0 fully saturated rings. The van der Waals surface area contributed by atoms with Crippen LogP contribution in [0.3, 0.4) is 0 Å². The molecule has 114 valence electrons. The van der Waals surface area contributed by atoms with Crippen LogP contribution in [0.15, 0.2) is 24.3 Å². The molecule has 0 spiro atoms. The summed E-state index contributed by atoms with van der Waals surface area (Å²) in [6.45, 7) is 11.5. The number of rotatable bonds is 9. The number of nitrogens with one attached hydrogen (secondary N) is 1. The molecular weight excluding hydrogens is 246 g/mol. The van der Waals surface area contributed by atoms with Crippen molar-refractivity contribution in [1.82, 2.24) is 5.32 Å². The van der Waals surface area contributed by atoms with E-state index in [4.69, 9.17) is 4.74 Å². The predicted octanol–water partition coefficient (Wildman–Crippen LogP) is 4.15. The van der Waals surface area contributed by atoms with Crippen molar-refractivity contribution >= 4 is 0 Å². The van der Waals surface area contributed by atoms with Gasteiger partial charge in [-0.2, -0.15) is 0 Å². The first-order chi connectivity index (χ1) is 9.52. The Morgan fingerprint density at radius 3 is 2.15 bits per heavy atom. The Kier molecular flexibility index (Phi) is 7.68. The highest BCUT2D eigenvalue weighted by atomic mass is 16.5. The third-order valence-corrected chi connectivity index (χ3v) is 4.04. The largest absolute Gasteiger partial charge is 0.497 e. The fourth-order valence-electron chi connectivity index (χ4n) is 2.27. The van der Waals surface area contributed by atoms with Crippen LogP contribution in [0.1, 0.15) is 39.7 Å². The van der Waals surface area contributed by atoms with E-state index in [0.29, 0.717) is 0 Å². The van der Waals surface area contributed by atoms with Gasteiger partial charge in [0, 0.05) is 0 Å². The average molecular weight is 277 g/mol. The summed E-state index contributed by atoms with van der Waals surface area (Å²) in [6.07, 6.45) is 2.40. The van der Waals surface area contributed by atoms with E-state index in [9.17, 15) is 0 Å². The van der Waals surface area contributed by atoms with Crippen molar-refractivity contribution in [1.29, 1.82) is 0 Å². The molecule has 0 saturated carbocycles. The maximum atomic E-state index is 5.19. The molecule has 2 heteroatoms. The number of methoxy groups -OCH3 is 1. The van der Waals surface area contributed by atoms with E-state index in [-0.39, 0.29) is 0 Å². The van der Waals surface area contributed by atoms with E-state index >= 15 is 0 Å². The van der Waals surface area contributed by atoms with Crippen molar-refractivity contribution in [2.75, 3.05) is 20.2 Å². The second-order valence-corrected chi connectivity index (χ2v) is 6.39. The molecule has 0 radical (unpaired) electrons. The number of hydrogen-bond acceptors (Lipinski definition) is 2. The second-order valence-electron chi connectivity index (χ2n) is 6.39. The van der Waals surface area contributed by atoms with Gasteiger partial charge in [0.1, 0.15) is 5.75 Å². The lowest BCUT2D eigenvalue weighted by molar-refractivity contribution is 0.341. The number of hydrogen-bond donors (Lipinski definition) is 1. The van der Waals surface area contributed by atoms with E-state index < -0.39 is 0 Å². The molecule has 0 bridgehead atoms. The Hall–Kier alpha value is -1.02. The van der Waals surface area contributed by atoms with Crippen LogP contribution < -0.4 is 10.1 Å². The molecule has 0 aliphatic rings. The zero-order valence-corrected chi connectivity index (χ0v) is 13.8. The summed E-state index contributed by atoms with van der Waals surface area (Å²) in [4.78, 5) is 0. The van der Waals surface area contributed by atoms with Crippen molar-refractivity contribution in [3.8, 4) is 5.75 Å². The molecule has 1 aromatic carbocycles. The van der Waals surface area contributed by atoms with Gasteiger partial charge in [0.25, 0.3) is 0 Å². The molecule has 2 nitrogen and oxygen atoms in total. The number of aryl methyl sites for hydroxylation is 1. The third-order valence-electron chi connectivity index (χ3n) is 4.04. The van der Waals surface area contributed by atoms with E-state index in [2.05, 4.69) is 45.1 Å². The first kappa shape index (κ1) is 17.0. The van der Waals surface area contributed by atoms with Crippen LogP contribution in [0, 0.1) is 17.8 Å². The van der Waals surface area contributed by atoms with Crippen LogP contribution >= 0.6 is 0 Å². The normalized spacial score (nSPS) is 14.3. The number of benzene rings is 1. The molecular formula is C18H31NO. The smallest absolute Gasteiger partial charge is 0.118 e. The van der Waals surface area contributed by atoms with E-state index in [1.165, 1.54) is 12.0 Å². The van der Waals surface area contributed by atoms with Gasteiger partial charge in [0.15, 0.2) is 0 Å². The summed E-state index contributed by atoms with van der Waals surface area (Å²) in [6, 6.07) is 8.45. The summed E-state index contributed by atoms with van der Waals surface area (Å²) < 4.78 is 5.19. The van der Waals surface area contributed by atoms with Gasteiger partial charge in [-0.1, -0.05) is 39.8 Å². The predicted molar refractivity (Wildman–Crippen MR) is 87.4 cm³/mol. The lowest BCUT2D eigenvalue weighted by Gasteiger charge is -2.21. The summed E-state index contributed by atoms with van der Waals surface area (Å²) in [7, 11) is 1.71. The molecule has 2 unspecified atom stereocenters. The Morgan fingerprint density at radius 1 is 0.950 bits per heavy atom. The fourth-order valence-corrected chi connectivity index (χ4v) is 2.27. The van der Waals surface area contributed by atoms with Gasteiger partial charge < -0.3 is 10.1 Å². The maximum Gasteiger partial charge on any atom is 0.118 e. The molecule has 0 amide bonds. The number of ether oxygens (including phenoxy) is 1. The molecule has 0 aliphatic carbocycles. The van der Waals surface area contributed by atoms with Gasteiger partial charge in [-0.3, -0.25) is 0 Å². The molecule has 1 rings (SSSR count). The highest BCUT2D eigenvalue weighted by molar-refractivity contribution is 5.27. The Bertz CT molecular complexity index is 358. The summed E-state index contributed by atoms with van der Waals surface area (Å²) in [5.41, 5.74) is 1.40. The van der Waals surface area contributed by atoms with E-state index in [1.54, 1.807) is 7.11 Å². The van der Waals surface area contributed by atoms with Crippen LogP contribution in [0.4, 0.5) is 0 Å². The quantitative estimate of drug-likeness (QED) is 0.732. The minimum Gasteiger partial charge on any atom is -0.497 e. The minimum atomic E-state index is 0.729. The summed E-state index contributed by atoms with van der Waals surface area (Å²) in [5, 5.41) is 3.56. The zero-order valence-electron chi connectivity index (χ0n) is 13.8. The SMILES string of the molecule is COc1ccc(CCC(C)C(C)CNCC(C)C)cc1. The van der Waals surface area contributed by atoms with Gasteiger partial charge in [-0.05, 0) is 61.4 Å². The maximum absolute atomic E-state index is 5.19. The highest BCUT2D eigenvalue weighted by Crippen LogP contribution is 2.19. The van der Waals surface area contributed by atoms with Crippen LogP contribution in [0.25, 0.3) is 0 Å². The Balaban J connectivity index is 2.28. The molecule has 1 N–H and O–H groups in total. The van der Waals surface area contributed by atoms with Crippen LogP contribution in [-0.2, 0) is 6.42 Å². The topological polar surface area (TPSA) is 21.3 Å². The highest BCUT2D eigenvalue weighted by Gasteiger charge is 2.12. The fraction of sp³-hybridized carbons (Fsp3) is 0.667. The minimum absolute atomic E-state index is 0.729. The summed E-state index contributed by atoms with van der Waals surface area (Å²) >= 11 is 0. The molecule has 2 atom stereocenters. The monoisotopic (exact) mass is 277 g/mol. The molecule has 0 aliphatic heterocycles. The van der Waals surface area contributed by atoms with Crippen LogP contribution in [0.5, 0.6) is 5.75 Å². The van der Waals surface area contributed by atoms with Crippen molar-refractivity contribution in [2.45, 2.75) is 40.5 Å². The Morgan fingerprint density at radius 2 is 1.60 bits per heavy atom.